The standard InChI is InChI=1S/C25H29N3O5/c1-17(2)33-27-25(32)23(30)20(15-18-9-5-3-6-10-18)26-24(31)21-13-14-22(29)28(21)16-19-11-7-4-8-12-19/h3-12,17,20-21H,13-16H2,1-2H3,(H,26,31)(H,27,32)/t20?,21-/m1/s1. The second-order valence-corrected chi connectivity index (χ2v) is 8.27. The molecule has 1 aliphatic heterocycles. The fourth-order valence-corrected chi connectivity index (χ4v) is 3.69. The molecule has 8 heteroatoms. The molecule has 8 nitrogen and oxygen atoms in total. The van der Waals surface area contributed by atoms with Gasteiger partial charge in [-0.1, -0.05) is 60.7 Å². The maximum atomic E-state index is 13.2. The van der Waals surface area contributed by atoms with Gasteiger partial charge in [0.05, 0.1) is 6.10 Å². The molecular formula is C25H29N3O5. The number of amides is 3. The fraction of sp³-hybridized carbons (Fsp3) is 0.360. The number of hydrogen-bond acceptors (Lipinski definition) is 5. The first-order valence-electron chi connectivity index (χ1n) is 11.0. The normalized spacial score (nSPS) is 16.5. The van der Waals surface area contributed by atoms with Gasteiger partial charge in [0.15, 0.2) is 0 Å². The molecule has 33 heavy (non-hydrogen) atoms. The zero-order chi connectivity index (χ0) is 23.8. The topological polar surface area (TPSA) is 105 Å². The maximum Gasteiger partial charge on any atom is 0.313 e. The van der Waals surface area contributed by atoms with E-state index in [4.69, 9.17) is 4.84 Å². The number of nitrogens with zero attached hydrogens (tertiary/aromatic N) is 1. The number of ketones is 1. The molecule has 3 amide bonds. The van der Waals surface area contributed by atoms with Crippen molar-refractivity contribution in [3.05, 3.63) is 71.8 Å². The molecule has 3 rings (SSSR count). The molecular weight excluding hydrogens is 422 g/mol. The number of Topliss-reactive ketones (excluding diaryl/α,β-unsaturated/α-hetero) is 1. The fourth-order valence-electron chi connectivity index (χ4n) is 3.69. The van der Waals surface area contributed by atoms with Gasteiger partial charge in [0.25, 0.3) is 0 Å². The van der Waals surface area contributed by atoms with E-state index >= 15 is 0 Å². The van der Waals surface area contributed by atoms with E-state index in [9.17, 15) is 19.2 Å². The van der Waals surface area contributed by atoms with Crippen molar-refractivity contribution in [2.75, 3.05) is 0 Å². The van der Waals surface area contributed by atoms with Crippen molar-refractivity contribution in [1.29, 1.82) is 0 Å². The van der Waals surface area contributed by atoms with Gasteiger partial charge in [-0.2, -0.15) is 0 Å². The second-order valence-electron chi connectivity index (χ2n) is 8.27. The van der Waals surface area contributed by atoms with E-state index in [0.29, 0.717) is 13.0 Å². The molecule has 0 bridgehead atoms. The summed E-state index contributed by atoms with van der Waals surface area (Å²) in [7, 11) is 0. The Labute approximate surface area is 193 Å². The van der Waals surface area contributed by atoms with Crippen LogP contribution in [0.2, 0.25) is 0 Å². The highest BCUT2D eigenvalue weighted by atomic mass is 16.7. The van der Waals surface area contributed by atoms with Crippen LogP contribution in [0.15, 0.2) is 60.7 Å². The lowest BCUT2D eigenvalue weighted by Crippen LogP contribution is -2.53. The van der Waals surface area contributed by atoms with Crippen molar-refractivity contribution in [3.63, 3.8) is 0 Å². The Morgan fingerprint density at radius 3 is 2.21 bits per heavy atom. The minimum absolute atomic E-state index is 0.118. The van der Waals surface area contributed by atoms with E-state index in [1.165, 1.54) is 4.90 Å². The van der Waals surface area contributed by atoms with Gasteiger partial charge in [-0.15, -0.1) is 0 Å². The summed E-state index contributed by atoms with van der Waals surface area (Å²) in [4.78, 5) is 57.4. The minimum atomic E-state index is -1.09. The van der Waals surface area contributed by atoms with Crippen LogP contribution in [0.3, 0.4) is 0 Å². The molecule has 2 aromatic carbocycles. The first-order valence-corrected chi connectivity index (χ1v) is 11.0. The van der Waals surface area contributed by atoms with Crippen LogP contribution in [0.5, 0.6) is 0 Å². The molecule has 1 heterocycles. The van der Waals surface area contributed by atoms with Crippen LogP contribution in [0, 0.1) is 0 Å². The minimum Gasteiger partial charge on any atom is -0.344 e. The highest BCUT2D eigenvalue weighted by Crippen LogP contribution is 2.22. The van der Waals surface area contributed by atoms with Crippen molar-refractivity contribution in [1.82, 2.24) is 15.7 Å². The van der Waals surface area contributed by atoms with Gasteiger partial charge in [0.2, 0.25) is 17.6 Å². The molecule has 1 fully saturated rings. The smallest absolute Gasteiger partial charge is 0.313 e. The molecule has 0 spiro atoms. The van der Waals surface area contributed by atoms with Crippen molar-refractivity contribution < 1.29 is 24.0 Å². The Morgan fingerprint density at radius 2 is 1.61 bits per heavy atom. The number of hydrogen-bond donors (Lipinski definition) is 2. The summed E-state index contributed by atoms with van der Waals surface area (Å²) in [6, 6.07) is 16.7. The predicted molar refractivity (Wildman–Crippen MR) is 121 cm³/mol. The van der Waals surface area contributed by atoms with Gasteiger partial charge in [0, 0.05) is 19.4 Å². The van der Waals surface area contributed by atoms with Crippen molar-refractivity contribution >= 4 is 23.5 Å². The molecule has 0 aliphatic carbocycles. The van der Waals surface area contributed by atoms with Gasteiger partial charge in [-0.3, -0.25) is 24.0 Å². The predicted octanol–water partition coefficient (Wildman–Crippen LogP) is 1.93. The summed E-state index contributed by atoms with van der Waals surface area (Å²) in [5, 5.41) is 2.71. The molecule has 174 valence electrons. The zero-order valence-corrected chi connectivity index (χ0v) is 18.8. The Morgan fingerprint density at radius 1 is 1.00 bits per heavy atom. The number of likely N-dealkylation sites (tertiary alicyclic amines) is 1. The van der Waals surface area contributed by atoms with Crippen molar-refractivity contribution in [3.8, 4) is 0 Å². The maximum absolute atomic E-state index is 13.2. The van der Waals surface area contributed by atoms with Gasteiger partial charge in [-0.05, 0) is 31.4 Å². The SMILES string of the molecule is CC(C)ONC(=O)C(=O)C(Cc1ccccc1)NC(=O)[C@H]1CCC(=O)N1Cc1ccccc1. The Hall–Kier alpha value is -3.52. The van der Waals surface area contributed by atoms with Crippen molar-refractivity contribution in [2.45, 2.75) is 57.8 Å². The number of benzene rings is 2. The lowest BCUT2D eigenvalue weighted by Gasteiger charge is -2.26. The van der Waals surface area contributed by atoms with E-state index in [1.54, 1.807) is 13.8 Å². The molecule has 1 saturated heterocycles. The second kappa shape index (κ2) is 11.4. The summed E-state index contributed by atoms with van der Waals surface area (Å²) in [6.45, 7) is 3.73. The zero-order valence-electron chi connectivity index (χ0n) is 18.8. The number of carbonyl (C=O) groups excluding carboxylic acids is 4. The molecule has 2 aromatic rings. The van der Waals surface area contributed by atoms with Crippen LogP contribution in [0.1, 0.15) is 37.8 Å². The van der Waals surface area contributed by atoms with E-state index in [2.05, 4.69) is 10.8 Å². The molecule has 0 aromatic heterocycles. The summed E-state index contributed by atoms with van der Waals surface area (Å²) < 4.78 is 0. The third kappa shape index (κ3) is 6.73. The number of nitrogens with one attached hydrogen (secondary N) is 2. The van der Waals surface area contributed by atoms with Crippen LogP contribution >= 0.6 is 0 Å². The van der Waals surface area contributed by atoms with Gasteiger partial charge in [0.1, 0.15) is 12.1 Å². The molecule has 0 radical (unpaired) electrons. The average Bonchev–Trinajstić information content (AvgIpc) is 3.18. The lowest BCUT2D eigenvalue weighted by molar-refractivity contribution is -0.149. The Balaban J connectivity index is 1.74. The van der Waals surface area contributed by atoms with E-state index in [1.807, 2.05) is 60.7 Å². The highest BCUT2D eigenvalue weighted by molar-refractivity contribution is 6.38. The van der Waals surface area contributed by atoms with Crippen LogP contribution in [-0.2, 0) is 37.0 Å². The quantitative estimate of drug-likeness (QED) is 0.424. The Bertz CT molecular complexity index is 978. The van der Waals surface area contributed by atoms with Gasteiger partial charge < -0.3 is 10.2 Å². The summed E-state index contributed by atoms with van der Waals surface area (Å²) >= 11 is 0. The first kappa shape index (κ1) is 24.1. The number of hydroxylamine groups is 1. The molecule has 1 unspecified atom stereocenters. The third-order valence-electron chi connectivity index (χ3n) is 5.35. The van der Waals surface area contributed by atoms with Gasteiger partial charge in [-0.25, -0.2) is 5.48 Å². The number of rotatable bonds is 10. The summed E-state index contributed by atoms with van der Waals surface area (Å²) in [6.07, 6.45) is 0.442. The average molecular weight is 452 g/mol. The third-order valence-corrected chi connectivity index (χ3v) is 5.35. The molecule has 1 aliphatic rings. The van der Waals surface area contributed by atoms with E-state index in [-0.39, 0.29) is 24.9 Å². The molecule has 0 saturated carbocycles. The first-order chi connectivity index (χ1) is 15.8. The van der Waals surface area contributed by atoms with Crippen LogP contribution < -0.4 is 10.8 Å². The largest absolute Gasteiger partial charge is 0.344 e. The molecule has 2 N–H and O–H groups in total. The summed E-state index contributed by atoms with van der Waals surface area (Å²) in [5.74, 6) is -2.32. The van der Waals surface area contributed by atoms with Crippen LogP contribution in [-0.4, -0.2) is 46.6 Å². The van der Waals surface area contributed by atoms with Crippen LogP contribution in [0.4, 0.5) is 0 Å². The molecule has 2 atom stereocenters. The van der Waals surface area contributed by atoms with Crippen molar-refractivity contribution in [2.24, 2.45) is 0 Å². The summed E-state index contributed by atoms with van der Waals surface area (Å²) in [5.41, 5.74) is 3.83. The number of carbonyl (C=O) groups is 4. The Kier molecular flexibility index (Phi) is 8.32. The lowest BCUT2D eigenvalue weighted by atomic mass is 10.0. The monoisotopic (exact) mass is 451 g/mol. The van der Waals surface area contributed by atoms with E-state index in [0.717, 1.165) is 11.1 Å². The van der Waals surface area contributed by atoms with Gasteiger partial charge >= 0.3 is 5.91 Å². The van der Waals surface area contributed by atoms with E-state index < -0.39 is 29.7 Å². The highest BCUT2D eigenvalue weighted by Gasteiger charge is 2.38. The van der Waals surface area contributed by atoms with Crippen LogP contribution in [0.25, 0.3) is 0 Å².